The molecule has 3 rings (SSSR count). The van der Waals surface area contributed by atoms with Gasteiger partial charge in [-0.3, -0.25) is 4.79 Å². The van der Waals surface area contributed by atoms with E-state index in [0.29, 0.717) is 29.6 Å². The number of ether oxygens (including phenoxy) is 2. The minimum atomic E-state index is -1.02. The average molecular weight is 384 g/mol. The van der Waals surface area contributed by atoms with Crippen molar-refractivity contribution >= 4 is 32.4 Å². The summed E-state index contributed by atoms with van der Waals surface area (Å²) in [6.07, 6.45) is 5.55. The van der Waals surface area contributed by atoms with Gasteiger partial charge in [-0.05, 0) is 49.1 Å². The molecular formula is C21H21O5P. The van der Waals surface area contributed by atoms with Crippen molar-refractivity contribution in [3.63, 3.8) is 0 Å². The first kappa shape index (κ1) is 19.1. The van der Waals surface area contributed by atoms with Crippen LogP contribution in [0.3, 0.4) is 0 Å². The molecule has 0 radical (unpaired) electrons. The zero-order chi connectivity index (χ0) is 19.4. The second-order valence-corrected chi connectivity index (χ2v) is 7.09. The first-order valence-corrected chi connectivity index (χ1v) is 9.21. The molecule has 1 aliphatic carbocycles. The summed E-state index contributed by atoms with van der Waals surface area (Å²) in [6, 6.07) is 9.58. The number of hydrogen-bond donors (Lipinski definition) is 1. The zero-order valence-electron chi connectivity index (χ0n) is 15.0. The van der Waals surface area contributed by atoms with Crippen LogP contribution in [0.5, 0.6) is 11.5 Å². The number of carbonyl (C=O) groups excluding carboxylic acids is 1. The van der Waals surface area contributed by atoms with E-state index in [1.807, 2.05) is 12.1 Å². The van der Waals surface area contributed by atoms with Gasteiger partial charge >= 0.3 is 5.97 Å². The molecule has 1 N–H and O–H groups in total. The summed E-state index contributed by atoms with van der Waals surface area (Å²) in [5.74, 6) is 0.765. The van der Waals surface area contributed by atoms with Crippen LogP contribution in [0.25, 0.3) is 6.08 Å². The Morgan fingerprint density at radius 3 is 2.41 bits per heavy atom. The molecule has 0 saturated heterocycles. The lowest BCUT2D eigenvalue weighted by molar-refractivity contribution is 0.0696. The number of carboxylic acid groups (broad SMARTS) is 1. The Morgan fingerprint density at radius 1 is 1.15 bits per heavy atom. The molecule has 5 nitrogen and oxygen atoms in total. The predicted octanol–water partition coefficient (Wildman–Crippen LogP) is 3.58. The SMILES string of the molecule is COc1cc(OCC2CC2)c(/C=C/C(=O)c2ccc(C(=O)O)cc2)cc1P. The minimum absolute atomic E-state index is 0.147. The lowest BCUT2D eigenvalue weighted by Gasteiger charge is -2.13. The van der Waals surface area contributed by atoms with Crippen LogP contribution in [0.4, 0.5) is 0 Å². The third-order valence-electron chi connectivity index (χ3n) is 4.36. The standard InChI is InChI=1S/C21H21O5P/c1-25-19-11-18(26-12-13-2-3-13)16(10-20(19)27)8-9-17(22)14-4-6-15(7-5-14)21(23)24/h4-11,13H,2-3,12,27H2,1H3,(H,23,24)/b9-8+. The van der Waals surface area contributed by atoms with E-state index in [-0.39, 0.29) is 11.3 Å². The van der Waals surface area contributed by atoms with Crippen LogP contribution in [0, 0.1) is 5.92 Å². The van der Waals surface area contributed by atoms with Crippen molar-refractivity contribution in [2.45, 2.75) is 12.8 Å². The van der Waals surface area contributed by atoms with Gasteiger partial charge in [-0.25, -0.2) is 4.79 Å². The minimum Gasteiger partial charge on any atom is -0.496 e. The van der Waals surface area contributed by atoms with E-state index in [4.69, 9.17) is 14.6 Å². The summed E-state index contributed by atoms with van der Waals surface area (Å²) >= 11 is 0. The second-order valence-electron chi connectivity index (χ2n) is 6.47. The first-order chi connectivity index (χ1) is 13.0. The number of methoxy groups -OCH3 is 1. The van der Waals surface area contributed by atoms with Crippen molar-refractivity contribution in [2.75, 3.05) is 13.7 Å². The highest BCUT2D eigenvalue weighted by atomic mass is 31.0. The maximum Gasteiger partial charge on any atom is 0.335 e. The molecule has 0 aliphatic heterocycles. The third kappa shape index (κ3) is 4.95. The van der Waals surface area contributed by atoms with Crippen LogP contribution in [0.2, 0.25) is 0 Å². The van der Waals surface area contributed by atoms with Crippen LogP contribution in [0.15, 0.2) is 42.5 Å². The van der Waals surface area contributed by atoms with Gasteiger partial charge in [-0.15, -0.1) is 9.24 Å². The van der Waals surface area contributed by atoms with E-state index < -0.39 is 5.97 Å². The Labute approximate surface area is 160 Å². The summed E-state index contributed by atoms with van der Waals surface area (Å²) in [5, 5.41) is 9.80. The van der Waals surface area contributed by atoms with E-state index >= 15 is 0 Å². The van der Waals surface area contributed by atoms with Gasteiger partial charge in [-0.2, -0.15) is 0 Å². The van der Waals surface area contributed by atoms with E-state index in [9.17, 15) is 9.59 Å². The number of rotatable bonds is 8. The number of ketones is 1. The number of carboxylic acids is 1. The maximum atomic E-state index is 12.4. The van der Waals surface area contributed by atoms with Crippen LogP contribution < -0.4 is 14.8 Å². The molecule has 0 spiro atoms. The molecule has 27 heavy (non-hydrogen) atoms. The van der Waals surface area contributed by atoms with Crippen molar-refractivity contribution in [3.05, 3.63) is 59.2 Å². The fraction of sp³-hybridized carbons (Fsp3) is 0.238. The number of aromatic carboxylic acids is 1. The topological polar surface area (TPSA) is 72.8 Å². The maximum absolute atomic E-state index is 12.4. The van der Waals surface area contributed by atoms with Gasteiger partial charge in [0.1, 0.15) is 11.5 Å². The van der Waals surface area contributed by atoms with Gasteiger partial charge in [0.05, 0.1) is 19.3 Å². The van der Waals surface area contributed by atoms with Crippen LogP contribution >= 0.6 is 9.24 Å². The van der Waals surface area contributed by atoms with Crippen molar-refractivity contribution in [1.29, 1.82) is 0 Å². The Balaban J connectivity index is 1.80. The Bertz CT molecular complexity index is 882. The zero-order valence-corrected chi connectivity index (χ0v) is 16.1. The van der Waals surface area contributed by atoms with Crippen molar-refractivity contribution < 1.29 is 24.2 Å². The van der Waals surface area contributed by atoms with Gasteiger partial charge in [0, 0.05) is 22.5 Å². The fourth-order valence-electron chi connectivity index (χ4n) is 2.56. The summed E-state index contributed by atoms with van der Waals surface area (Å²) < 4.78 is 11.3. The molecule has 0 bridgehead atoms. The lowest BCUT2D eigenvalue weighted by Crippen LogP contribution is -2.05. The molecule has 0 amide bonds. The smallest absolute Gasteiger partial charge is 0.335 e. The molecule has 1 fully saturated rings. The van der Waals surface area contributed by atoms with Gasteiger partial charge in [0.15, 0.2) is 5.78 Å². The number of allylic oxidation sites excluding steroid dienone is 1. The number of hydrogen-bond acceptors (Lipinski definition) is 4. The molecule has 6 heteroatoms. The van der Waals surface area contributed by atoms with Gasteiger partial charge in [-0.1, -0.05) is 12.1 Å². The molecule has 0 aromatic heterocycles. The molecule has 1 unspecified atom stereocenters. The average Bonchev–Trinajstić information content (AvgIpc) is 3.49. The highest BCUT2D eigenvalue weighted by molar-refractivity contribution is 7.27. The number of carbonyl (C=O) groups is 2. The van der Waals surface area contributed by atoms with Gasteiger partial charge in [0.2, 0.25) is 0 Å². The Hall–Kier alpha value is -2.65. The predicted molar refractivity (Wildman–Crippen MR) is 107 cm³/mol. The molecule has 1 saturated carbocycles. The molecule has 140 valence electrons. The van der Waals surface area contributed by atoms with E-state index in [1.54, 1.807) is 13.2 Å². The summed E-state index contributed by atoms with van der Waals surface area (Å²) in [6.45, 7) is 0.658. The fourth-order valence-corrected chi connectivity index (χ4v) is 2.94. The second kappa shape index (κ2) is 8.36. The summed E-state index contributed by atoms with van der Waals surface area (Å²) in [7, 11) is 4.22. The molecule has 1 atom stereocenters. The summed E-state index contributed by atoms with van der Waals surface area (Å²) in [5.41, 5.74) is 1.36. The van der Waals surface area contributed by atoms with Gasteiger partial charge < -0.3 is 14.6 Å². The highest BCUT2D eigenvalue weighted by Gasteiger charge is 2.22. The van der Waals surface area contributed by atoms with Crippen molar-refractivity contribution in [3.8, 4) is 11.5 Å². The summed E-state index contributed by atoms with van der Waals surface area (Å²) in [4.78, 5) is 23.3. The first-order valence-electron chi connectivity index (χ1n) is 8.64. The Morgan fingerprint density at radius 2 is 1.81 bits per heavy atom. The van der Waals surface area contributed by atoms with Gasteiger partial charge in [0.25, 0.3) is 0 Å². The van der Waals surface area contributed by atoms with Crippen LogP contribution in [-0.2, 0) is 0 Å². The van der Waals surface area contributed by atoms with E-state index in [1.165, 1.54) is 43.2 Å². The molecule has 1 aliphatic rings. The Kier molecular flexibility index (Phi) is 5.92. The van der Waals surface area contributed by atoms with Crippen LogP contribution in [0.1, 0.15) is 39.1 Å². The quantitative estimate of drug-likeness (QED) is 0.428. The monoisotopic (exact) mass is 384 g/mol. The van der Waals surface area contributed by atoms with Crippen LogP contribution in [-0.4, -0.2) is 30.6 Å². The normalized spacial score (nSPS) is 13.6. The largest absolute Gasteiger partial charge is 0.496 e. The third-order valence-corrected chi connectivity index (χ3v) is 4.82. The van der Waals surface area contributed by atoms with Crippen molar-refractivity contribution in [1.82, 2.24) is 0 Å². The number of benzene rings is 2. The highest BCUT2D eigenvalue weighted by Crippen LogP contribution is 2.32. The molecule has 2 aromatic carbocycles. The lowest BCUT2D eigenvalue weighted by atomic mass is 10.1. The molecular weight excluding hydrogens is 363 g/mol. The molecule has 0 heterocycles. The van der Waals surface area contributed by atoms with Crippen molar-refractivity contribution in [2.24, 2.45) is 5.92 Å². The van der Waals surface area contributed by atoms with E-state index in [2.05, 4.69) is 9.24 Å². The van der Waals surface area contributed by atoms with E-state index in [0.717, 1.165) is 10.9 Å². The molecule has 2 aromatic rings.